The van der Waals surface area contributed by atoms with Gasteiger partial charge in [-0.05, 0) is 12.5 Å². The van der Waals surface area contributed by atoms with Crippen molar-refractivity contribution in [3.8, 4) is 0 Å². The van der Waals surface area contributed by atoms with Crippen LogP contribution in [0.5, 0.6) is 0 Å². The van der Waals surface area contributed by atoms with Crippen LogP contribution in [-0.4, -0.2) is 8.07 Å². The van der Waals surface area contributed by atoms with Gasteiger partial charge in [0.15, 0.2) is 0 Å². The van der Waals surface area contributed by atoms with Crippen LogP contribution in [0, 0.1) is 0 Å². The van der Waals surface area contributed by atoms with Gasteiger partial charge in [-0.1, -0.05) is 80.5 Å². The van der Waals surface area contributed by atoms with Gasteiger partial charge in [0.25, 0.3) is 0 Å². The highest BCUT2D eigenvalue weighted by atomic mass is 28.3. The molecule has 0 amide bonds. The quantitative estimate of drug-likeness (QED) is 0.659. The van der Waals surface area contributed by atoms with E-state index in [4.69, 9.17) is 0 Å². The van der Waals surface area contributed by atoms with Gasteiger partial charge in [0.1, 0.15) is 0 Å². The van der Waals surface area contributed by atoms with E-state index in [9.17, 15) is 0 Å². The molecule has 0 spiro atoms. The summed E-state index contributed by atoms with van der Waals surface area (Å²) in [5.41, 5.74) is 1.45. The van der Waals surface area contributed by atoms with E-state index in [1.165, 1.54) is 23.7 Å². The minimum absolute atomic E-state index is 1.23. The van der Waals surface area contributed by atoms with Crippen molar-refractivity contribution >= 4 is 19.3 Å². The molecule has 1 aromatic carbocycles. The van der Waals surface area contributed by atoms with Crippen molar-refractivity contribution in [1.29, 1.82) is 0 Å². The molecule has 16 heavy (non-hydrogen) atoms. The van der Waals surface area contributed by atoms with Gasteiger partial charge in [-0.2, -0.15) is 0 Å². The second-order valence-corrected chi connectivity index (χ2v) is 9.65. The van der Waals surface area contributed by atoms with Crippen LogP contribution >= 0.6 is 0 Å². The van der Waals surface area contributed by atoms with E-state index in [0.29, 0.717) is 0 Å². The predicted molar refractivity (Wildman–Crippen MR) is 78.0 cm³/mol. The second-order valence-electron chi connectivity index (χ2n) is 4.43. The summed E-state index contributed by atoms with van der Waals surface area (Å²) in [5, 5.41) is 1.65. The van der Waals surface area contributed by atoms with Crippen LogP contribution in [0.2, 0.25) is 18.1 Å². The highest BCUT2D eigenvalue weighted by Crippen LogP contribution is 2.22. The van der Waals surface area contributed by atoms with Gasteiger partial charge in [-0.15, -0.1) is 0 Å². The molecule has 0 aliphatic carbocycles. The fourth-order valence-electron chi connectivity index (χ4n) is 2.63. The van der Waals surface area contributed by atoms with Crippen molar-refractivity contribution in [3.05, 3.63) is 35.9 Å². The van der Waals surface area contributed by atoms with E-state index in [1.807, 2.05) is 0 Å². The van der Waals surface area contributed by atoms with Crippen molar-refractivity contribution in [2.45, 2.75) is 45.8 Å². The normalized spacial score (nSPS) is 12.2. The fraction of sp³-hybridized carbons (Fsp3) is 0.467. The molecule has 1 heteroatoms. The van der Waals surface area contributed by atoms with E-state index in [0.717, 1.165) is 0 Å². The summed E-state index contributed by atoms with van der Waals surface area (Å²) in [7, 11) is -1.23. The predicted octanol–water partition coefficient (Wildman–Crippen LogP) is 4.44. The SMILES string of the molecule is C/C=C/c1ccccc1[Si](CC)(CC)CC. The number of hydrogen-bond acceptors (Lipinski definition) is 0. The molecule has 0 aliphatic rings. The first-order valence-electron chi connectivity index (χ1n) is 6.46. The molecule has 0 aromatic heterocycles. The van der Waals surface area contributed by atoms with Gasteiger partial charge in [0.2, 0.25) is 0 Å². The molecule has 0 saturated heterocycles. The summed E-state index contributed by atoms with van der Waals surface area (Å²) in [4.78, 5) is 0. The highest BCUT2D eigenvalue weighted by molar-refractivity contribution is 6.92. The van der Waals surface area contributed by atoms with Gasteiger partial charge >= 0.3 is 0 Å². The zero-order chi connectivity index (χ0) is 12.0. The highest BCUT2D eigenvalue weighted by Gasteiger charge is 2.30. The number of rotatable bonds is 5. The monoisotopic (exact) mass is 232 g/mol. The fourth-order valence-corrected chi connectivity index (χ4v) is 6.50. The Morgan fingerprint density at radius 3 is 2.06 bits per heavy atom. The molecule has 0 bridgehead atoms. The molecule has 0 aliphatic heterocycles. The Kier molecular flexibility index (Phi) is 5.00. The topological polar surface area (TPSA) is 0 Å². The molecule has 0 radical (unpaired) electrons. The molecule has 0 saturated carbocycles. The summed E-state index contributed by atoms with van der Waals surface area (Å²) in [6.45, 7) is 9.20. The van der Waals surface area contributed by atoms with Gasteiger partial charge in [0, 0.05) is 0 Å². The zero-order valence-electron chi connectivity index (χ0n) is 11.1. The van der Waals surface area contributed by atoms with Crippen LogP contribution in [0.4, 0.5) is 0 Å². The molecule has 88 valence electrons. The van der Waals surface area contributed by atoms with E-state index >= 15 is 0 Å². The number of benzene rings is 1. The number of allylic oxidation sites excluding steroid dienone is 1. The van der Waals surface area contributed by atoms with Crippen LogP contribution in [0.3, 0.4) is 0 Å². The Labute approximate surface area is 101 Å². The summed E-state index contributed by atoms with van der Waals surface area (Å²) in [6.07, 6.45) is 4.41. The molecule has 0 N–H and O–H groups in total. The van der Waals surface area contributed by atoms with Gasteiger partial charge in [-0.3, -0.25) is 0 Å². The lowest BCUT2D eigenvalue weighted by Crippen LogP contribution is -2.47. The number of hydrogen-bond donors (Lipinski definition) is 0. The van der Waals surface area contributed by atoms with Crippen LogP contribution < -0.4 is 5.19 Å². The molecule has 0 heterocycles. The van der Waals surface area contributed by atoms with Crippen molar-refractivity contribution in [2.75, 3.05) is 0 Å². The van der Waals surface area contributed by atoms with Gasteiger partial charge < -0.3 is 0 Å². The first-order valence-corrected chi connectivity index (χ1v) is 9.08. The average molecular weight is 232 g/mol. The minimum atomic E-state index is -1.23. The Balaban J connectivity index is 3.28. The summed E-state index contributed by atoms with van der Waals surface area (Å²) < 4.78 is 0. The van der Waals surface area contributed by atoms with Crippen LogP contribution in [0.15, 0.2) is 30.3 Å². The molecule has 0 nitrogen and oxygen atoms in total. The Hall–Kier alpha value is -0.823. The zero-order valence-corrected chi connectivity index (χ0v) is 12.1. The second kappa shape index (κ2) is 6.05. The molecule has 0 unspecified atom stereocenters. The van der Waals surface area contributed by atoms with Crippen molar-refractivity contribution < 1.29 is 0 Å². The van der Waals surface area contributed by atoms with E-state index in [2.05, 4.69) is 64.1 Å². The maximum absolute atomic E-state index is 2.37. The Bertz CT molecular complexity index is 340. The van der Waals surface area contributed by atoms with Crippen LogP contribution in [0.25, 0.3) is 6.08 Å². The third-order valence-corrected chi connectivity index (χ3v) is 9.57. The maximum atomic E-state index is 2.37. The standard InChI is InChI=1S/C15H24Si/c1-5-11-14-12-9-10-13-15(14)16(6-2,7-3)8-4/h5,9-13H,6-8H2,1-4H3/b11-5+. The summed E-state index contributed by atoms with van der Waals surface area (Å²) in [6, 6.07) is 13.0. The summed E-state index contributed by atoms with van der Waals surface area (Å²) >= 11 is 0. The molecular weight excluding hydrogens is 208 g/mol. The third-order valence-electron chi connectivity index (χ3n) is 3.91. The Morgan fingerprint density at radius 2 is 1.56 bits per heavy atom. The third kappa shape index (κ3) is 2.46. The minimum Gasteiger partial charge on any atom is -0.0871 e. The van der Waals surface area contributed by atoms with Gasteiger partial charge in [0.05, 0.1) is 8.07 Å². The molecule has 0 atom stereocenters. The first kappa shape index (κ1) is 13.2. The molecular formula is C15H24Si. The smallest absolute Gasteiger partial charge is 0.0866 e. The lowest BCUT2D eigenvalue weighted by Gasteiger charge is -2.30. The Morgan fingerprint density at radius 1 is 1.00 bits per heavy atom. The average Bonchev–Trinajstić information content (AvgIpc) is 2.34. The summed E-state index contributed by atoms with van der Waals surface area (Å²) in [5.74, 6) is 0. The van der Waals surface area contributed by atoms with Crippen molar-refractivity contribution in [1.82, 2.24) is 0 Å². The van der Waals surface area contributed by atoms with E-state index in [1.54, 1.807) is 5.19 Å². The van der Waals surface area contributed by atoms with Gasteiger partial charge in [-0.25, -0.2) is 0 Å². The largest absolute Gasteiger partial charge is 0.0871 e. The lowest BCUT2D eigenvalue weighted by molar-refractivity contribution is 1.19. The molecule has 1 aromatic rings. The lowest BCUT2D eigenvalue weighted by atomic mass is 10.2. The van der Waals surface area contributed by atoms with Crippen LogP contribution in [0.1, 0.15) is 33.3 Å². The first-order chi connectivity index (χ1) is 7.74. The van der Waals surface area contributed by atoms with E-state index in [-0.39, 0.29) is 0 Å². The van der Waals surface area contributed by atoms with E-state index < -0.39 is 8.07 Å². The maximum Gasteiger partial charge on any atom is 0.0866 e. The van der Waals surface area contributed by atoms with Crippen molar-refractivity contribution in [2.24, 2.45) is 0 Å². The van der Waals surface area contributed by atoms with Crippen molar-refractivity contribution in [3.63, 3.8) is 0 Å². The van der Waals surface area contributed by atoms with Crippen LogP contribution in [-0.2, 0) is 0 Å². The molecule has 1 rings (SSSR count). The molecule has 0 fully saturated rings.